The van der Waals surface area contributed by atoms with Crippen molar-refractivity contribution in [2.45, 2.75) is 25.7 Å². The van der Waals surface area contributed by atoms with Crippen LogP contribution >= 0.6 is 0 Å². The minimum Gasteiger partial charge on any atom is -0.349 e. The number of carbonyl (C=O) groups excluding carboxylic acids is 1. The Hall–Kier alpha value is -2.51. The largest absolute Gasteiger partial charge is 0.439 e. The second-order valence-corrected chi connectivity index (χ2v) is 6.78. The van der Waals surface area contributed by atoms with Gasteiger partial charge in [0.1, 0.15) is 11.6 Å². The van der Waals surface area contributed by atoms with Crippen LogP contribution < -0.4 is 11.1 Å². The van der Waals surface area contributed by atoms with Gasteiger partial charge in [-0.2, -0.15) is 0 Å². The van der Waals surface area contributed by atoms with E-state index in [9.17, 15) is 18.4 Å². The van der Waals surface area contributed by atoms with Crippen LogP contribution in [0.2, 0.25) is 0 Å². The molecule has 1 atom stereocenters. The molecule has 0 bridgehead atoms. The quantitative estimate of drug-likeness (QED) is 0.872. The Labute approximate surface area is 135 Å². The SMILES string of the molecule is O=C(NC[C@@]1(Cc2ccc(F)cc2F)CC12CC2)c1noc(=O)[nH]1. The molecule has 24 heavy (non-hydrogen) atoms. The number of benzene rings is 1. The van der Waals surface area contributed by atoms with E-state index in [2.05, 4.69) is 20.0 Å². The summed E-state index contributed by atoms with van der Waals surface area (Å²) in [6, 6.07) is 3.58. The molecule has 4 rings (SSSR count). The van der Waals surface area contributed by atoms with Crippen LogP contribution in [0.1, 0.15) is 35.4 Å². The molecule has 1 aromatic carbocycles. The zero-order valence-corrected chi connectivity index (χ0v) is 12.7. The molecule has 1 amide bonds. The van der Waals surface area contributed by atoms with Gasteiger partial charge in [0.15, 0.2) is 0 Å². The van der Waals surface area contributed by atoms with Crippen LogP contribution in [-0.2, 0) is 6.42 Å². The number of hydrogen-bond donors (Lipinski definition) is 2. The lowest BCUT2D eigenvalue weighted by Gasteiger charge is -2.18. The van der Waals surface area contributed by atoms with Crippen molar-refractivity contribution in [2.24, 2.45) is 10.8 Å². The number of carbonyl (C=O) groups is 1. The van der Waals surface area contributed by atoms with E-state index in [0.29, 0.717) is 18.5 Å². The smallest absolute Gasteiger partial charge is 0.349 e. The molecule has 1 heterocycles. The first-order chi connectivity index (χ1) is 11.4. The van der Waals surface area contributed by atoms with Gasteiger partial charge in [-0.05, 0) is 53.3 Å². The fraction of sp³-hybridized carbons (Fsp3) is 0.438. The third-order valence-electron chi connectivity index (χ3n) is 5.32. The van der Waals surface area contributed by atoms with E-state index in [-0.39, 0.29) is 16.7 Å². The first kappa shape index (κ1) is 15.0. The Kier molecular flexibility index (Phi) is 3.13. The van der Waals surface area contributed by atoms with Crippen LogP contribution in [0.4, 0.5) is 8.78 Å². The van der Waals surface area contributed by atoms with Crippen molar-refractivity contribution in [2.75, 3.05) is 6.54 Å². The Bertz CT molecular complexity index is 871. The number of nitrogens with zero attached hydrogens (tertiary/aromatic N) is 1. The summed E-state index contributed by atoms with van der Waals surface area (Å²) in [5.41, 5.74) is 0.369. The number of amides is 1. The molecule has 2 saturated carbocycles. The summed E-state index contributed by atoms with van der Waals surface area (Å²) in [6.07, 6.45) is 3.43. The Morgan fingerprint density at radius 1 is 1.38 bits per heavy atom. The van der Waals surface area contributed by atoms with E-state index in [0.717, 1.165) is 25.3 Å². The lowest BCUT2D eigenvalue weighted by Crippen LogP contribution is -2.33. The maximum atomic E-state index is 14.0. The summed E-state index contributed by atoms with van der Waals surface area (Å²) in [5, 5.41) is 6.07. The molecule has 2 aromatic rings. The van der Waals surface area contributed by atoms with Gasteiger partial charge in [0.2, 0.25) is 5.82 Å². The molecule has 2 fully saturated rings. The lowest BCUT2D eigenvalue weighted by molar-refractivity contribution is 0.0929. The summed E-state index contributed by atoms with van der Waals surface area (Å²) < 4.78 is 31.3. The van der Waals surface area contributed by atoms with Crippen molar-refractivity contribution in [3.8, 4) is 0 Å². The van der Waals surface area contributed by atoms with Gasteiger partial charge in [-0.1, -0.05) is 6.07 Å². The van der Waals surface area contributed by atoms with Crippen molar-refractivity contribution < 1.29 is 18.1 Å². The molecule has 8 heteroatoms. The van der Waals surface area contributed by atoms with Crippen molar-refractivity contribution in [1.82, 2.24) is 15.5 Å². The van der Waals surface area contributed by atoms with Crippen LogP contribution in [0.25, 0.3) is 0 Å². The molecule has 2 N–H and O–H groups in total. The number of aromatic amines is 1. The minimum atomic E-state index is -0.798. The molecular weight excluding hydrogens is 320 g/mol. The highest BCUT2D eigenvalue weighted by molar-refractivity contribution is 5.90. The number of aromatic nitrogens is 2. The van der Waals surface area contributed by atoms with Crippen molar-refractivity contribution >= 4 is 5.91 Å². The Morgan fingerprint density at radius 3 is 2.75 bits per heavy atom. The third kappa shape index (κ3) is 2.42. The highest BCUT2D eigenvalue weighted by atomic mass is 19.1. The molecule has 0 aliphatic heterocycles. The van der Waals surface area contributed by atoms with Gasteiger partial charge in [0, 0.05) is 12.6 Å². The summed E-state index contributed by atoms with van der Waals surface area (Å²) in [6.45, 7) is 0.345. The van der Waals surface area contributed by atoms with E-state index in [1.54, 1.807) is 0 Å². The average Bonchev–Trinajstić information content (AvgIpc) is 3.39. The van der Waals surface area contributed by atoms with Gasteiger partial charge in [0.25, 0.3) is 5.91 Å². The normalized spacial score (nSPS) is 23.2. The fourth-order valence-electron chi connectivity index (χ4n) is 3.71. The fourth-order valence-corrected chi connectivity index (χ4v) is 3.71. The van der Waals surface area contributed by atoms with Crippen LogP contribution in [0, 0.1) is 22.5 Å². The molecule has 6 nitrogen and oxygen atoms in total. The first-order valence-corrected chi connectivity index (χ1v) is 7.71. The summed E-state index contributed by atoms with van der Waals surface area (Å²) >= 11 is 0. The second-order valence-electron chi connectivity index (χ2n) is 6.78. The lowest BCUT2D eigenvalue weighted by atomic mass is 9.92. The zero-order valence-electron chi connectivity index (χ0n) is 12.7. The van der Waals surface area contributed by atoms with Crippen molar-refractivity contribution in [3.05, 3.63) is 51.8 Å². The number of halogens is 2. The maximum Gasteiger partial charge on any atom is 0.439 e. The van der Waals surface area contributed by atoms with E-state index >= 15 is 0 Å². The number of rotatable bonds is 5. The van der Waals surface area contributed by atoms with E-state index in [1.807, 2.05) is 0 Å². The molecule has 2 aliphatic carbocycles. The molecule has 0 radical (unpaired) electrons. The third-order valence-corrected chi connectivity index (χ3v) is 5.32. The number of hydrogen-bond acceptors (Lipinski definition) is 4. The molecule has 1 spiro atoms. The monoisotopic (exact) mass is 335 g/mol. The molecule has 0 unspecified atom stereocenters. The molecule has 0 saturated heterocycles. The van der Waals surface area contributed by atoms with Gasteiger partial charge < -0.3 is 5.32 Å². The van der Waals surface area contributed by atoms with Crippen molar-refractivity contribution in [3.63, 3.8) is 0 Å². The van der Waals surface area contributed by atoms with Crippen LogP contribution in [0.5, 0.6) is 0 Å². The Balaban J connectivity index is 1.48. The van der Waals surface area contributed by atoms with Gasteiger partial charge in [-0.3, -0.25) is 14.3 Å². The van der Waals surface area contributed by atoms with Gasteiger partial charge in [-0.25, -0.2) is 13.6 Å². The molecule has 1 aromatic heterocycles. The predicted octanol–water partition coefficient (Wildman–Crippen LogP) is 1.78. The summed E-state index contributed by atoms with van der Waals surface area (Å²) in [4.78, 5) is 25.1. The van der Waals surface area contributed by atoms with Crippen LogP contribution in [0.15, 0.2) is 27.5 Å². The highest BCUT2D eigenvalue weighted by Gasteiger charge is 2.73. The standard InChI is InChI=1S/C16H15F2N3O3/c17-10-2-1-9(11(18)5-10)6-16(7-15(16)3-4-15)8-19-13(22)12-20-14(23)24-21-12/h1-2,5H,3-4,6-8H2,(H,19,22)(H,20,21,23)/t16-/m1/s1. The van der Waals surface area contributed by atoms with Crippen LogP contribution in [0.3, 0.4) is 0 Å². The Morgan fingerprint density at radius 2 is 2.17 bits per heavy atom. The van der Waals surface area contributed by atoms with E-state index in [1.165, 1.54) is 12.1 Å². The summed E-state index contributed by atoms with van der Waals surface area (Å²) in [5.74, 6) is -2.70. The number of nitrogens with one attached hydrogen (secondary N) is 2. The van der Waals surface area contributed by atoms with Gasteiger partial charge in [-0.15, -0.1) is 0 Å². The maximum absolute atomic E-state index is 14.0. The molecular formula is C16H15F2N3O3. The van der Waals surface area contributed by atoms with Crippen molar-refractivity contribution in [1.29, 1.82) is 0 Å². The molecule has 126 valence electrons. The minimum absolute atomic E-state index is 0.151. The zero-order chi connectivity index (χ0) is 16.9. The average molecular weight is 335 g/mol. The van der Waals surface area contributed by atoms with Gasteiger partial charge >= 0.3 is 5.76 Å². The van der Waals surface area contributed by atoms with Gasteiger partial charge in [0.05, 0.1) is 0 Å². The molecule has 2 aliphatic rings. The summed E-state index contributed by atoms with van der Waals surface area (Å²) in [7, 11) is 0. The second kappa shape index (κ2) is 4.99. The van der Waals surface area contributed by atoms with Crippen LogP contribution in [-0.4, -0.2) is 22.6 Å². The van der Waals surface area contributed by atoms with E-state index in [4.69, 9.17) is 0 Å². The highest BCUT2D eigenvalue weighted by Crippen LogP contribution is 2.79. The first-order valence-electron chi connectivity index (χ1n) is 7.71. The topological polar surface area (TPSA) is 88.0 Å². The predicted molar refractivity (Wildman–Crippen MR) is 78.2 cm³/mol. The van der Waals surface area contributed by atoms with E-state index < -0.39 is 23.3 Å². The number of H-pyrrole nitrogens is 1.